The predicted molar refractivity (Wildman–Crippen MR) is 71.7 cm³/mol. The van der Waals surface area contributed by atoms with Gasteiger partial charge in [-0.2, -0.15) is 4.72 Å². The molecule has 0 aromatic heterocycles. The van der Waals surface area contributed by atoms with Crippen molar-refractivity contribution in [3.05, 3.63) is 33.3 Å². The van der Waals surface area contributed by atoms with Gasteiger partial charge in [0, 0.05) is 18.2 Å². The monoisotopic (exact) mass is 338 g/mol. The highest BCUT2D eigenvalue weighted by atomic mass is 35.5. The Morgan fingerprint density at radius 1 is 1.57 bits per heavy atom. The van der Waals surface area contributed by atoms with E-state index in [-0.39, 0.29) is 5.02 Å². The molecule has 1 atom stereocenters. The van der Waals surface area contributed by atoms with E-state index in [2.05, 4.69) is 4.74 Å². The van der Waals surface area contributed by atoms with Crippen molar-refractivity contribution in [3.63, 3.8) is 0 Å². The highest BCUT2D eigenvalue weighted by Gasteiger charge is 2.31. The van der Waals surface area contributed by atoms with Gasteiger partial charge < -0.3 is 9.84 Å². The van der Waals surface area contributed by atoms with Gasteiger partial charge in [-0.15, -0.1) is 0 Å². The first-order valence-corrected chi connectivity index (χ1v) is 7.23. The second-order valence-electron chi connectivity index (χ2n) is 3.84. The third-order valence-electron chi connectivity index (χ3n) is 2.34. The molecule has 11 heteroatoms. The average molecular weight is 339 g/mol. The second kappa shape index (κ2) is 6.80. The minimum atomic E-state index is -4.43. The molecular formula is C10H11ClN2O7S. The molecule has 2 N–H and O–H groups in total. The van der Waals surface area contributed by atoms with E-state index in [9.17, 15) is 23.3 Å². The molecule has 116 valence electrons. The van der Waals surface area contributed by atoms with E-state index < -0.39 is 44.1 Å². The van der Waals surface area contributed by atoms with Crippen LogP contribution in [0.3, 0.4) is 0 Å². The smallest absolute Gasteiger partial charge is 0.324 e. The lowest BCUT2D eigenvalue weighted by Crippen LogP contribution is -2.43. The van der Waals surface area contributed by atoms with Crippen molar-refractivity contribution in [1.82, 2.24) is 4.72 Å². The predicted octanol–water partition coefficient (Wildman–Crippen LogP) is 0.626. The molecule has 0 saturated heterocycles. The minimum absolute atomic E-state index is 0.0210. The third-order valence-corrected chi connectivity index (χ3v) is 4.09. The first kappa shape index (κ1) is 17.3. The number of nitro groups is 1. The SMILES string of the molecule is COCC(NS(=O)(=O)c1ccc(Cl)cc1[N+](=O)[O-])C(=O)O. The van der Waals surface area contributed by atoms with Crippen LogP contribution in [0.5, 0.6) is 0 Å². The van der Waals surface area contributed by atoms with Crippen LogP contribution in [-0.2, 0) is 19.6 Å². The summed E-state index contributed by atoms with van der Waals surface area (Å²) in [6.07, 6.45) is 0. The van der Waals surface area contributed by atoms with Crippen molar-refractivity contribution in [2.45, 2.75) is 10.9 Å². The number of carboxylic acid groups (broad SMARTS) is 1. The molecule has 1 unspecified atom stereocenters. The number of halogens is 1. The van der Waals surface area contributed by atoms with Crippen LogP contribution < -0.4 is 4.72 Å². The third kappa shape index (κ3) is 4.36. The zero-order valence-corrected chi connectivity index (χ0v) is 12.2. The molecule has 21 heavy (non-hydrogen) atoms. The summed E-state index contributed by atoms with van der Waals surface area (Å²) < 4.78 is 30.6. The van der Waals surface area contributed by atoms with Crippen molar-refractivity contribution < 1.29 is 28.0 Å². The number of benzene rings is 1. The molecule has 0 fully saturated rings. The lowest BCUT2D eigenvalue weighted by Gasteiger charge is -2.14. The zero-order chi connectivity index (χ0) is 16.2. The number of carboxylic acids is 1. The van der Waals surface area contributed by atoms with Crippen LogP contribution in [0.2, 0.25) is 5.02 Å². The number of rotatable bonds is 7. The fourth-order valence-corrected chi connectivity index (χ4v) is 2.93. The quantitative estimate of drug-likeness (QED) is 0.549. The first-order chi connectivity index (χ1) is 9.69. The fraction of sp³-hybridized carbons (Fsp3) is 0.300. The van der Waals surface area contributed by atoms with Crippen LogP contribution in [0.1, 0.15) is 0 Å². The Morgan fingerprint density at radius 3 is 2.67 bits per heavy atom. The Balaban J connectivity index is 3.25. The van der Waals surface area contributed by atoms with E-state index in [0.717, 1.165) is 18.2 Å². The highest BCUT2D eigenvalue weighted by molar-refractivity contribution is 7.89. The van der Waals surface area contributed by atoms with Gasteiger partial charge in [0.05, 0.1) is 11.5 Å². The molecule has 0 aliphatic rings. The summed E-state index contributed by atoms with van der Waals surface area (Å²) >= 11 is 5.58. The van der Waals surface area contributed by atoms with Gasteiger partial charge in [0.1, 0.15) is 6.04 Å². The molecule has 0 aliphatic heterocycles. The molecule has 0 heterocycles. The van der Waals surface area contributed by atoms with Crippen LogP contribution in [-0.4, -0.2) is 44.2 Å². The molecule has 0 saturated carbocycles. The van der Waals surface area contributed by atoms with E-state index in [0.29, 0.717) is 0 Å². The van der Waals surface area contributed by atoms with Crippen LogP contribution in [0.15, 0.2) is 23.1 Å². The molecule has 0 bridgehead atoms. The van der Waals surface area contributed by atoms with E-state index in [1.807, 2.05) is 4.72 Å². The number of nitrogens with zero attached hydrogens (tertiary/aromatic N) is 1. The number of hydrogen-bond donors (Lipinski definition) is 2. The molecule has 0 radical (unpaired) electrons. The van der Waals surface area contributed by atoms with Gasteiger partial charge in [-0.05, 0) is 12.1 Å². The van der Waals surface area contributed by atoms with Gasteiger partial charge in [0.25, 0.3) is 5.69 Å². The average Bonchev–Trinajstić information content (AvgIpc) is 2.37. The Kier molecular flexibility index (Phi) is 5.61. The molecular weight excluding hydrogens is 328 g/mol. The van der Waals surface area contributed by atoms with Crippen molar-refractivity contribution in [2.75, 3.05) is 13.7 Å². The van der Waals surface area contributed by atoms with Gasteiger partial charge in [0.15, 0.2) is 4.90 Å². The Labute approximate surface area is 124 Å². The van der Waals surface area contributed by atoms with Gasteiger partial charge in [-0.1, -0.05) is 11.6 Å². The van der Waals surface area contributed by atoms with Crippen molar-refractivity contribution in [1.29, 1.82) is 0 Å². The van der Waals surface area contributed by atoms with Crippen LogP contribution in [0.25, 0.3) is 0 Å². The summed E-state index contributed by atoms with van der Waals surface area (Å²) in [6.45, 7) is -0.435. The minimum Gasteiger partial charge on any atom is -0.480 e. The van der Waals surface area contributed by atoms with Crippen LogP contribution in [0.4, 0.5) is 5.69 Å². The standard InChI is InChI=1S/C10H11ClN2O7S/c1-20-5-7(10(14)15)12-21(18,19)9-3-2-6(11)4-8(9)13(16)17/h2-4,7,12H,5H2,1H3,(H,14,15). The second-order valence-corrected chi connectivity index (χ2v) is 5.96. The summed E-state index contributed by atoms with van der Waals surface area (Å²) in [5, 5.41) is 19.7. The van der Waals surface area contributed by atoms with E-state index in [4.69, 9.17) is 16.7 Å². The Bertz CT molecular complexity index is 661. The van der Waals surface area contributed by atoms with Gasteiger partial charge in [-0.25, -0.2) is 8.42 Å². The molecule has 0 aliphatic carbocycles. The zero-order valence-electron chi connectivity index (χ0n) is 10.6. The van der Waals surface area contributed by atoms with E-state index in [1.54, 1.807) is 0 Å². The van der Waals surface area contributed by atoms with E-state index in [1.165, 1.54) is 7.11 Å². The Morgan fingerprint density at radius 2 is 2.19 bits per heavy atom. The summed E-state index contributed by atoms with van der Waals surface area (Å²) in [5.41, 5.74) is -0.753. The van der Waals surface area contributed by atoms with Crippen molar-refractivity contribution in [3.8, 4) is 0 Å². The van der Waals surface area contributed by atoms with E-state index >= 15 is 0 Å². The normalized spacial score (nSPS) is 12.9. The summed E-state index contributed by atoms with van der Waals surface area (Å²) in [7, 11) is -3.24. The molecule has 1 aromatic carbocycles. The number of sulfonamides is 1. The number of aliphatic carboxylic acids is 1. The number of nitrogens with one attached hydrogen (secondary N) is 1. The number of methoxy groups -OCH3 is 1. The first-order valence-electron chi connectivity index (χ1n) is 5.37. The Hall–Kier alpha value is -1.75. The lowest BCUT2D eigenvalue weighted by molar-refractivity contribution is -0.387. The highest BCUT2D eigenvalue weighted by Crippen LogP contribution is 2.27. The summed E-state index contributed by atoms with van der Waals surface area (Å²) in [6, 6.07) is 1.36. The molecule has 1 rings (SSSR count). The number of carbonyl (C=O) groups is 1. The van der Waals surface area contributed by atoms with Gasteiger partial charge >= 0.3 is 5.97 Å². The van der Waals surface area contributed by atoms with Crippen molar-refractivity contribution >= 4 is 33.3 Å². The maximum atomic E-state index is 12.1. The maximum Gasteiger partial charge on any atom is 0.324 e. The summed E-state index contributed by atoms with van der Waals surface area (Å²) in [5.74, 6) is -1.47. The molecule has 0 spiro atoms. The molecule has 9 nitrogen and oxygen atoms in total. The maximum absolute atomic E-state index is 12.1. The van der Waals surface area contributed by atoms with Gasteiger partial charge in [-0.3, -0.25) is 14.9 Å². The van der Waals surface area contributed by atoms with Crippen molar-refractivity contribution in [2.24, 2.45) is 0 Å². The number of hydrogen-bond acceptors (Lipinski definition) is 6. The van der Waals surface area contributed by atoms with Gasteiger partial charge in [0.2, 0.25) is 10.0 Å². The fourth-order valence-electron chi connectivity index (χ4n) is 1.43. The molecule has 1 aromatic rings. The topological polar surface area (TPSA) is 136 Å². The number of ether oxygens (including phenoxy) is 1. The number of nitro benzene ring substituents is 1. The largest absolute Gasteiger partial charge is 0.480 e. The summed E-state index contributed by atoms with van der Waals surface area (Å²) in [4.78, 5) is 20.2. The lowest BCUT2D eigenvalue weighted by atomic mass is 10.3. The van der Waals surface area contributed by atoms with Crippen LogP contribution in [0, 0.1) is 10.1 Å². The molecule has 0 amide bonds. The van der Waals surface area contributed by atoms with Crippen LogP contribution >= 0.6 is 11.6 Å².